The number of nitrogens with one attached hydrogen (secondary N) is 1. The Kier molecular flexibility index (Phi) is 6.36. The van der Waals surface area contributed by atoms with Gasteiger partial charge in [-0.1, -0.05) is 17.4 Å². The van der Waals surface area contributed by atoms with Crippen molar-refractivity contribution in [1.82, 2.24) is 25.0 Å². The highest BCUT2D eigenvalue weighted by molar-refractivity contribution is 7.18. The van der Waals surface area contributed by atoms with Gasteiger partial charge < -0.3 is 4.74 Å². The molecule has 34 heavy (non-hydrogen) atoms. The van der Waals surface area contributed by atoms with E-state index in [2.05, 4.69) is 25.6 Å². The maximum atomic E-state index is 13.7. The fourth-order valence-corrected chi connectivity index (χ4v) is 3.68. The first kappa shape index (κ1) is 23.0. The number of carbonyl (C=O) groups is 2. The number of rotatable bonds is 6. The molecule has 0 bridgehead atoms. The highest BCUT2D eigenvalue weighted by Crippen LogP contribution is 2.34. The van der Waals surface area contributed by atoms with Crippen LogP contribution in [0.3, 0.4) is 0 Å². The van der Waals surface area contributed by atoms with Gasteiger partial charge in [-0.3, -0.25) is 15.1 Å². The topological polar surface area (TPSA) is 112 Å². The van der Waals surface area contributed by atoms with Crippen LogP contribution in [0.25, 0.3) is 16.4 Å². The number of alkyl halides is 3. The van der Waals surface area contributed by atoms with Crippen LogP contribution in [0.15, 0.2) is 54.9 Å². The molecule has 0 saturated carbocycles. The van der Waals surface area contributed by atoms with Crippen LogP contribution in [-0.4, -0.2) is 43.4 Å². The number of benzene rings is 1. The Morgan fingerprint density at radius 1 is 1.12 bits per heavy atom. The predicted octanol–water partition coefficient (Wildman–Crippen LogP) is 4.23. The highest BCUT2D eigenvalue weighted by atomic mass is 32.1. The fourth-order valence-electron chi connectivity index (χ4n) is 2.97. The molecule has 13 heteroatoms. The lowest BCUT2D eigenvalue weighted by Gasteiger charge is -2.12. The zero-order valence-electron chi connectivity index (χ0n) is 17.4. The molecule has 1 amide bonds. The third-order valence-electron chi connectivity index (χ3n) is 4.44. The first-order valence-corrected chi connectivity index (χ1v) is 10.6. The number of carbonyl (C=O) groups excluding carboxylic acids is 2. The van der Waals surface area contributed by atoms with Crippen molar-refractivity contribution in [3.05, 3.63) is 71.7 Å². The molecular weight excluding hydrogens is 473 g/mol. The molecule has 3 aromatic heterocycles. The van der Waals surface area contributed by atoms with Crippen LogP contribution >= 0.6 is 11.3 Å². The Balaban J connectivity index is 1.54. The largest absolute Gasteiger partial charge is 0.462 e. The van der Waals surface area contributed by atoms with Gasteiger partial charge in [-0.15, -0.1) is 10.2 Å². The number of esters is 1. The van der Waals surface area contributed by atoms with Gasteiger partial charge in [-0.2, -0.15) is 18.3 Å². The monoisotopic (exact) mass is 488 g/mol. The van der Waals surface area contributed by atoms with E-state index in [1.54, 1.807) is 24.4 Å². The number of nitrogens with zero attached hydrogens (tertiary/aromatic N) is 5. The van der Waals surface area contributed by atoms with E-state index in [1.165, 1.54) is 31.2 Å². The van der Waals surface area contributed by atoms with Crippen LogP contribution in [0.5, 0.6) is 0 Å². The summed E-state index contributed by atoms with van der Waals surface area (Å²) >= 11 is 1.12. The van der Waals surface area contributed by atoms with E-state index in [-0.39, 0.29) is 23.0 Å². The molecule has 174 valence electrons. The molecule has 1 aromatic carbocycles. The van der Waals surface area contributed by atoms with Crippen molar-refractivity contribution in [1.29, 1.82) is 0 Å². The number of hydrogen-bond donors (Lipinski definition) is 1. The highest BCUT2D eigenvalue weighted by Gasteiger charge is 2.41. The lowest BCUT2D eigenvalue weighted by Crippen LogP contribution is -2.18. The Hall–Kier alpha value is -4.13. The normalized spacial score (nSPS) is 11.3. The van der Waals surface area contributed by atoms with Gasteiger partial charge in [0.25, 0.3) is 5.91 Å². The van der Waals surface area contributed by atoms with E-state index in [4.69, 9.17) is 4.74 Å². The Morgan fingerprint density at radius 3 is 2.53 bits per heavy atom. The summed E-state index contributed by atoms with van der Waals surface area (Å²) in [6.07, 6.45) is -2.45. The zero-order chi connectivity index (χ0) is 24.3. The lowest BCUT2D eigenvalue weighted by molar-refractivity contribution is -0.143. The summed E-state index contributed by atoms with van der Waals surface area (Å²) in [6, 6.07) is 10.5. The smallest absolute Gasteiger partial charge is 0.434 e. The van der Waals surface area contributed by atoms with Crippen LogP contribution in [0.2, 0.25) is 0 Å². The van der Waals surface area contributed by atoms with Crippen molar-refractivity contribution >= 4 is 28.3 Å². The van der Waals surface area contributed by atoms with Gasteiger partial charge in [0.2, 0.25) is 5.13 Å². The van der Waals surface area contributed by atoms with E-state index in [0.29, 0.717) is 15.4 Å². The van der Waals surface area contributed by atoms with E-state index in [1.807, 2.05) is 0 Å². The van der Waals surface area contributed by atoms with Crippen molar-refractivity contribution in [2.75, 3.05) is 11.9 Å². The minimum atomic E-state index is -4.86. The van der Waals surface area contributed by atoms with Gasteiger partial charge >= 0.3 is 12.1 Å². The number of aromatic nitrogens is 5. The number of pyridine rings is 1. The van der Waals surface area contributed by atoms with E-state index in [0.717, 1.165) is 17.5 Å². The molecular formula is C21H15F3N6O3S. The van der Waals surface area contributed by atoms with Gasteiger partial charge in [-0.25, -0.2) is 9.48 Å². The molecule has 3 heterocycles. The predicted molar refractivity (Wildman–Crippen MR) is 116 cm³/mol. The number of anilines is 1. The van der Waals surface area contributed by atoms with Crippen LogP contribution < -0.4 is 5.32 Å². The van der Waals surface area contributed by atoms with E-state index < -0.39 is 29.3 Å². The Morgan fingerprint density at radius 2 is 1.88 bits per heavy atom. The molecule has 4 rings (SSSR count). The summed E-state index contributed by atoms with van der Waals surface area (Å²) in [7, 11) is 0. The molecule has 0 radical (unpaired) electrons. The van der Waals surface area contributed by atoms with Crippen molar-refractivity contribution in [3.8, 4) is 16.4 Å². The lowest BCUT2D eigenvalue weighted by atomic mass is 10.2. The molecule has 0 spiro atoms. The van der Waals surface area contributed by atoms with Gasteiger partial charge in [0.1, 0.15) is 11.3 Å². The minimum Gasteiger partial charge on any atom is -0.462 e. The Bertz CT molecular complexity index is 1320. The second kappa shape index (κ2) is 9.39. The maximum absolute atomic E-state index is 13.7. The van der Waals surface area contributed by atoms with Crippen molar-refractivity contribution in [2.45, 2.75) is 13.1 Å². The molecule has 0 saturated heterocycles. The van der Waals surface area contributed by atoms with Gasteiger partial charge in [0.05, 0.1) is 18.5 Å². The maximum Gasteiger partial charge on any atom is 0.434 e. The van der Waals surface area contributed by atoms with Crippen LogP contribution in [0.4, 0.5) is 18.3 Å². The average molecular weight is 488 g/mol. The molecule has 0 atom stereocenters. The summed E-state index contributed by atoms with van der Waals surface area (Å²) < 4.78 is 46.2. The quantitative estimate of drug-likeness (QED) is 0.404. The van der Waals surface area contributed by atoms with E-state index >= 15 is 0 Å². The third kappa shape index (κ3) is 4.78. The fraction of sp³-hybridized carbons (Fsp3) is 0.143. The molecule has 0 unspecified atom stereocenters. The average Bonchev–Trinajstić information content (AvgIpc) is 3.47. The van der Waals surface area contributed by atoms with Crippen molar-refractivity contribution in [3.63, 3.8) is 0 Å². The first-order valence-electron chi connectivity index (χ1n) is 9.77. The summed E-state index contributed by atoms with van der Waals surface area (Å²) in [5, 5.41) is 14.9. The molecule has 0 aliphatic carbocycles. The number of halogens is 3. The minimum absolute atomic E-state index is 0.00720. The molecule has 1 N–H and O–H groups in total. The van der Waals surface area contributed by atoms with Gasteiger partial charge in [0.15, 0.2) is 10.7 Å². The summed E-state index contributed by atoms with van der Waals surface area (Å²) in [5.74, 6) is -1.65. The van der Waals surface area contributed by atoms with E-state index in [9.17, 15) is 22.8 Å². The van der Waals surface area contributed by atoms with Crippen LogP contribution in [0, 0.1) is 0 Å². The molecule has 9 nitrogen and oxygen atoms in total. The molecule has 0 aliphatic heterocycles. The molecule has 4 aromatic rings. The number of amides is 1. The second-order valence-corrected chi connectivity index (χ2v) is 7.64. The molecule has 0 fully saturated rings. The summed E-state index contributed by atoms with van der Waals surface area (Å²) in [5.41, 5.74) is -1.18. The van der Waals surface area contributed by atoms with Gasteiger partial charge in [-0.05, 0) is 43.3 Å². The molecule has 0 aliphatic rings. The number of hydrogen-bond acceptors (Lipinski definition) is 8. The standard InChI is InChI=1S/C21H15F3N6O3S/c1-2-33-19(32)14-11-26-30(16(14)21(22,23)24)13-8-6-12(7-9-13)17(31)27-20-29-28-18(34-20)15-5-3-4-10-25-15/h3-11H,2H2,1H3,(H,27,29,31). The van der Waals surface area contributed by atoms with Crippen molar-refractivity contribution in [2.24, 2.45) is 0 Å². The van der Waals surface area contributed by atoms with Crippen molar-refractivity contribution < 1.29 is 27.5 Å². The van der Waals surface area contributed by atoms with Crippen LogP contribution in [-0.2, 0) is 10.9 Å². The third-order valence-corrected chi connectivity index (χ3v) is 5.30. The van der Waals surface area contributed by atoms with Crippen LogP contribution in [0.1, 0.15) is 33.3 Å². The second-order valence-electron chi connectivity index (χ2n) is 6.67. The zero-order valence-corrected chi connectivity index (χ0v) is 18.2. The number of ether oxygens (including phenoxy) is 1. The first-order chi connectivity index (χ1) is 16.3. The summed E-state index contributed by atoms with van der Waals surface area (Å²) in [6.45, 7) is 1.41. The SMILES string of the molecule is CCOC(=O)c1cnn(-c2ccc(C(=O)Nc3nnc(-c4ccccn4)s3)cc2)c1C(F)(F)F. The Labute approximate surface area is 194 Å². The summed E-state index contributed by atoms with van der Waals surface area (Å²) in [4.78, 5) is 28.6. The van der Waals surface area contributed by atoms with Gasteiger partial charge in [0, 0.05) is 11.8 Å².